The van der Waals surface area contributed by atoms with Gasteiger partial charge in [-0.3, -0.25) is 0 Å². The molecule has 0 atom stereocenters. The lowest BCUT2D eigenvalue weighted by molar-refractivity contribution is 0.602. The van der Waals surface area contributed by atoms with Gasteiger partial charge < -0.3 is 0 Å². The molecule has 0 radical (unpaired) electrons. The van der Waals surface area contributed by atoms with E-state index >= 15 is 0 Å². The molecule has 0 aliphatic heterocycles. The summed E-state index contributed by atoms with van der Waals surface area (Å²) in [5, 5.41) is 0.276. The van der Waals surface area contributed by atoms with Gasteiger partial charge >= 0.3 is 0 Å². The van der Waals surface area contributed by atoms with Crippen LogP contribution in [0.25, 0.3) is 0 Å². The lowest BCUT2D eigenvalue weighted by Crippen LogP contribution is -1.98. The van der Waals surface area contributed by atoms with Gasteiger partial charge in [0.15, 0.2) is 9.84 Å². The van der Waals surface area contributed by atoms with Crippen LogP contribution in [0.4, 0.5) is 0 Å². The molecule has 0 saturated carbocycles. The molecule has 1 aromatic carbocycles. The molecule has 0 unspecified atom stereocenters. The minimum Gasteiger partial charge on any atom is -0.224 e. The van der Waals surface area contributed by atoms with Crippen molar-refractivity contribution in [3.05, 3.63) is 26.8 Å². The zero-order chi connectivity index (χ0) is 9.35. The SMILES string of the molecule is CS(=O)(=O)c1cc(I)ccc1Cl. The molecule has 0 saturated heterocycles. The van der Waals surface area contributed by atoms with Gasteiger partial charge in [0.2, 0.25) is 0 Å². The lowest BCUT2D eigenvalue weighted by atomic mass is 10.4. The van der Waals surface area contributed by atoms with Gasteiger partial charge in [0.05, 0.1) is 9.92 Å². The molecule has 1 rings (SSSR count). The van der Waals surface area contributed by atoms with E-state index < -0.39 is 9.84 Å². The number of hydrogen-bond donors (Lipinski definition) is 0. The van der Waals surface area contributed by atoms with Gasteiger partial charge in [0.1, 0.15) is 0 Å². The van der Waals surface area contributed by atoms with E-state index in [-0.39, 0.29) is 9.92 Å². The van der Waals surface area contributed by atoms with Crippen LogP contribution in [0.15, 0.2) is 23.1 Å². The van der Waals surface area contributed by atoms with Crippen molar-refractivity contribution < 1.29 is 8.42 Å². The zero-order valence-corrected chi connectivity index (χ0v) is 9.94. The summed E-state index contributed by atoms with van der Waals surface area (Å²) >= 11 is 7.74. The highest BCUT2D eigenvalue weighted by atomic mass is 127. The Morgan fingerprint density at radius 3 is 2.42 bits per heavy atom. The van der Waals surface area contributed by atoms with Crippen LogP contribution in [0.5, 0.6) is 0 Å². The summed E-state index contributed by atoms with van der Waals surface area (Å²) in [5.74, 6) is 0. The van der Waals surface area contributed by atoms with Gasteiger partial charge in [-0.15, -0.1) is 0 Å². The van der Waals surface area contributed by atoms with E-state index in [0.717, 1.165) is 9.83 Å². The van der Waals surface area contributed by atoms with Crippen LogP contribution in [-0.2, 0) is 9.84 Å². The largest absolute Gasteiger partial charge is 0.224 e. The summed E-state index contributed by atoms with van der Waals surface area (Å²) in [7, 11) is -3.19. The molecule has 0 heterocycles. The Kier molecular flexibility index (Phi) is 3.01. The number of halogens is 2. The van der Waals surface area contributed by atoms with Crippen LogP contribution in [0, 0.1) is 3.57 Å². The number of rotatable bonds is 1. The second-order valence-electron chi connectivity index (χ2n) is 2.35. The Labute approximate surface area is 90.0 Å². The summed E-state index contributed by atoms with van der Waals surface area (Å²) in [4.78, 5) is 0.191. The minimum atomic E-state index is -3.19. The van der Waals surface area contributed by atoms with Gasteiger partial charge in [0.25, 0.3) is 0 Å². The Balaban J connectivity index is 3.43. The molecular formula is C7H6ClIO2S. The fourth-order valence-corrected chi connectivity index (χ4v) is 2.77. The van der Waals surface area contributed by atoms with Crippen molar-refractivity contribution >= 4 is 44.0 Å². The number of hydrogen-bond acceptors (Lipinski definition) is 2. The average Bonchev–Trinajstić information content (AvgIpc) is 1.92. The van der Waals surface area contributed by atoms with Crippen LogP contribution < -0.4 is 0 Å². The van der Waals surface area contributed by atoms with E-state index in [4.69, 9.17) is 11.6 Å². The smallest absolute Gasteiger partial charge is 0.177 e. The van der Waals surface area contributed by atoms with Crippen LogP contribution >= 0.6 is 34.2 Å². The minimum absolute atomic E-state index is 0.191. The van der Waals surface area contributed by atoms with Gasteiger partial charge in [-0.1, -0.05) is 11.6 Å². The van der Waals surface area contributed by atoms with Crippen molar-refractivity contribution in [2.75, 3.05) is 6.26 Å². The van der Waals surface area contributed by atoms with E-state index in [1.54, 1.807) is 18.2 Å². The Morgan fingerprint density at radius 2 is 2.00 bits per heavy atom. The van der Waals surface area contributed by atoms with Crippen molar-refractivity contribution in [3.63, 3.8) is 0 Å². The highest BCUT2D eigenvalue weighted by Crippen LogP contribution is 2.22. The second-order valence-corrected chi connectivity index (χ2v) is 5.98. The first-order valence-electron chi connectivity index (χ1n) is 3.06. The molecule has 1 aromatic rings. The first-order valence-corrected chi connectivity index (χ1v) is 6.41. The fourth-order valence-electron chi connectivity index (χ4n) is 0.761. The van der Waals surface area contributed by atoms with E-state index in [1.165, 1.54) is 0 Å². The summed E-state index contributed by atoms with van der Waals surface area (Å²) in [6, 6.07) is 4.90. The number of sulfone groups is 1. The van der Waals surface area contributed by atoms with E-state index in [2.05, 4.69) is 0 Å². The highest BCUT2D eigenvalue weighted by molar-refractivity contribution is 14.1. The lowest BCUT2D eigenvalue weighted by Gasteiger charge is -2.01. The predicted molar refractivity (Wildman–Crippen MR) is 57.3 cm³/mol. The monoisotopic (exact) mass is 316 g/mol. The standard InChI is InChI=1S/C7H6ClIO2S/c1-12(10,11)7-4-5(9)2-3-6(7)8/h2-4H,1H3. The van der Waals surface area contributed by atoms with E-state index in [9.17, 15) is 8.42 Å². The Hall–Kier alpha value is 0.190. The van der Waals surface area contributed by atoms with E-state index in [1.807, 2.05) is 22.6 Å². The van der Waals surface area contributed by atoms with Gasteiger partial charge in [-0.25, -0.2) is 8.42 Å². The molecule has 0 amide bonds. The third-order valence-corrected chi connectivity index (χ3v) is 3.54. The van der Waals surface area contributed by atoms with Crippen LogP contribution in [0.2, 0.25) is 5.02 Å². The topological polar surface area (TPSA) is 34.1 Å². The summed E-state index contributed by atoms with van der Waals surface area (Å²) < 4.78 is 23.1. The van der Waals surface area contributed by atoms with Crippen molar-refractivity contribution in [3.8, 4) is 0 Å². The van der Waals surface area contributed by atoms with Crippen LogP contribution in [-0.4, -0.2) is 14.7 Å². The molecule has 0 fully saturated rings. The van der Waals surface area contributed by atoms with Gasteiger partial charge in [-0.2, -0.15) is 0 Å². The molecular weight excluding hydrogens is 310 g/mol. The van der Waals surface area contributed by atoms with Crippen molar-refractivity contribution in [1.82, 2.24) is 0 Å². The number of benzene rings is 1. The fraction of sp³-hybridized carbons (Fsp3) is 0.143. The summed E-state index contributed by atoms with van der Waals surface area (Å²) in [6.45, 7) is 0. The first kappa shape index (κ1) is 10.3. The maximum absolute atomic E-state index is 11.1. The molecule has 0 N–H and O–H groups in total. The van der Waals surface area contributed by atoms with Crippen LogP contribution in [0.1, 0.15) is 0 Å². The molecule has 2 nitrogen and oxygen atoms in total. The molecule has 0 aliphatic carbocycles. The highest BCUT2D eigenvalue weighted by Gasteiger charge is 2.11. The summed E-state index contributed by atoms with van der Waals surface area (Å²) in [5.41, 5.74) is 0. The summed E-state index contributed by atoms with van der Waals surface area (Å²) in [6.07, 6.45) is 1.14. The molecule has 5 heteroatoms. The molecule has 0 aliphatic rings. The Morgan fingerprint density at radius 1 is 1.42 bits per heavy atom. The predicted octanol–water partition coefficient (Wildman–Crippen LogP) is 2.35. The van der Waals surface area contributed by atoms with Crippen molar-refractivity contribution in [2.24, 2.45) is 0 Å². The molecule has 0 bridgehead atoms. The van der Waals surface area contributed by atoms with Crippen molar-refractivity contribution in [1.29, 1.82) is 0 Å². The third kappa shape index (κ3) is 2.34. The molecule has 0 spiro atoms. The maximum Gasteiger partial charge on any atom is 0.177 e. The third-order valence-electron chi connectivity index (χ3n) is 1.29. The van der Waals surface area contributed by atoms with Crippen LogP contribution in [0.3, 0.4) is 0 Å². The maximum atomic E-state index is 11.1. The molecule has 12 heavy (non-hydrogen) atoms. The molecule has 0 aromatic heterocycles. The normalized spacial score (nSPS) is 11.6. The quantitative estimate of drug-likeness (QED) is 0.745. The van der Waals surface area contributed by atoms with Crippen molar-refractivity contribution in [2.45, 2.75) is 4.90 Å². The van der Waals surface area contributed by atoms with E-state index in [0.29, 0.717) is 0 Å². The van der Waals surface area contributed by atoms with Gasteiger partial charge in [-0.05, 0) is 40.8 Å². The first-order chi connectivity index (χ1) is 5.41. The second kappa shape index (κ2) is 3.51. The molecule has 66 valence electrons. The zero-order valence-electron chi connectivity index (χ0n) is 6.21. The Bertz CT molecular complexity index is 400. The van der Waals surface area contributed by atoms with Gasteiger partial charge in [0, 0.05) is 9.83 Å². The average molecular weight is 317 g/mol.